The lowest BCUT2D eigenvalue weighted by Gasteiger charge is -2.34. The Hall–Kier alpha value is -2.05. The van der Waals surface area contributed by atoms with Crippen molar-refractivity contribution < 1.29 is 4.79 Å². The average Bonchev–Trinajstić information content (AvgIpc) is 3.13. The van der Waals surface area contributed by atoms with Crippen LogP contribution in [0.25, 0.3) is 10.2 Å². The molecule has 0 unspecified atom stereocenters. The Morgan fingerprint density at radius 3 is 2.47 bits per heavy atom. The molecule has 0 N–H and O–H groups in total. The van der Waals surface area contributed by atoms with E-state index in [1.165, 1.54) is 20.7 Å². The van der Waals surface area contributed by atoms with Gasteiger partial charge in [-0.05, 0) is 48.7 Å². The van der Waals surface area contributed by atoms with E-state index in [0.29, 0.717) is 11.7 Å². The summed E-state index contributed by atoms with van der Waals surface area (Å²) < 4.78 is 1.27. The summed E-state index contributed by atoms with van der Waals surface area (Å²) in [7, 11) is 0. The first-order valence-corrected chi connectivity index (χ1v) is 12.2. The highest BCUT2D eigenvalue weighted by Crippen LogP contribution is 2.32. The number of nitrogens with zero attached hydrogens (tertiary/aromatic N) is 3. The third kappa shape index (κ3) is 4.81. The lowest BCUT2D eigenvalue weighted by molar-refractivity contribution is -0.130. The number of fused-ring (bicyclic) bond motifs is 1. The smallest absolute Gasteiger partial charge is 0.227 e. The number of thioether (sulfide) groups is 1. The fraction of sp³-hybridized carbons (Fsp3) is 0.417. The number of amides is 1. The summed E-state index contributed by atoms with van der Waals surface area (Å²) in [5.74, 6) is 0.217. The maximum absolute atomic E-state index is 12.8. The van der Waals surface area contributed by atoms with Gasteiger partial charge in [0.2, 0.25) is 5.91 Å². The molecule has 1 fully saturated rings. The van der Waals surface area contributed by atoms with Crippen LogP contribution in [0.2, 0.25) is 0 Å². The van der Waals surface area contributed by atoms with Gasteiger partial charge in [-0.1, -0.05) is 43.4 Å². The molecule has 4 rings (SSSR count). The Labute approximate surface area is 187 Å². The molecule has 0 spiro atoms. The van der Waals surface area contributed by atoms with Gasteiger partial charge in [-0.2, -0.15) is 0 Å². The maximum atomic E-state index is 12.8. The highest BCUT2D eigenvalue weighted by Gasteiger charge is 2.23. The van der Waals surface area contributed by atoms with Gasteiger partial charge in [0.1, 0.15) is 0 Å². The number of aryl methyl sites for hydroxylation is 2. The molecule has 1 amide bonds. The fourth-order valence-electron chi connectivity index (χ4n) is 3.89. The third-order valence-electron chi connectivity index (χ3n) is 5.36. The van der Waals surface area contributed by atoms with Crippen LogP contribution in [0.3, 0.4) is 0 Å². The molecule has 3 aromatic rings. The number of hydrogen-bond donors (Lipinski definition) is 0. The predicted molar refractivity (Wildman–Crippen MR) is 129 cm³/mol. The summed E-state index contributed by atoms with van der Waals surface area (Å²) in [6, 6.07) is 12.8. The molecule has 2 aromatic carbocycles. The molecule has 0 bridgehead atoms. The highest BCUT2D eigenvalue weighted by molar-refractivity contribution is 7.99. The Morgan fingerprint density at radius 2 is 1.80 bits per heavy atom. The summed E-state index contributed by atoms with van der Waals surface area (Å²) in [6.07, 6.45) is 0.478. The molecule has 30 heavy (non-hydrogen) atoms. The summed E-state index contributed by atoms with van der Waals surface area (Å²) in [6.45, 7) is 11.9. The van der Waals surface area contributed by atoms with Gasteiger partial charge in [0, 0.05) is 36.3 Å². The summed E-state index contributed by atoms with van der Waals surface area (Å²) in [5, 5.41) is 1.64. The van der Waals surface area contributed by atoms with Gasteiger partial charge in [0.05, 0.1) is 16.6 Å². The number of hydrogen-bond acceptors (Lipinski definition) is 5. The van der Waals surface area contributed by atoms with E-state index in [1.54, 1.807) is 11.3 Å². The second kappa shape index (κ2) is 8.98. The van der Waals surface area contributed by atoms with E-state index in [1.807, 2.05) is 16.7 Å². The predicted octanol–water partition coefficient (Wildman–Crippen LogP) is 5.30. The van der Waals surface area contributed by atoms with Gasteiger partial charge in [0.15, 0.2) is 5.13 Å². The van der Waals surface area contributed by atoms with Crippen LogP contribution < -0.4 is 4.90 Å². The minimum Gasteiger partial charge on any atom is -0.345 e. The van der Waals surface area contributed by atoms with Crippen molar-refractivity contribution in [3.63, 3.8) is 0 Å². The molecule has 1 aliphatic rings. The number of carbonyl (C=O) groups is 1. The van der Waals surface area contributed by atoms with Crippen molar-refractivity contribution in [1.29, 1.82) is 0 Å². The molecule has 6 heteroatoms. The van der Waals surface area contributed by atoms with E-state index in [-0.39, 0.29) is 5.91 Å². The molecule has 1 saturated heterocycles. The average molecular weight is 440 g/mol. The normalized spacial score (nSPS) is 14.7. The molecular weight excluding hydrogens is 410 g/mol. The third-order valence-corrected chi connectivity index (χ3v) is 7.65. The first kappa shape index (κ1) is 21.2. The van der Waals surface area contributed by atoms with E-state index < -0.39 is 0 Å². The number of rotatable bonds is 5. The van der Waals surface area contributed by atoms with Crippen molar-refractivity contribution in [2.75, 3.05) is 31.1 Å². The van der Waals surface area contributed by atoms with Crippen molar-refractivity contribution in [1.82, 2.24) is 9.88 Å². The summed E-state index contributed by atoms with van der Waals surface area (Å²) in [4.78, 5) is 23.2. The number of piperazine rings is 1. The van der Waals surface area contributed by atoms with Gasteiger partial charge in [-0.3, -0.25) is 4.79 Å². The Morgan fingerprint density at radius 1 is 1.10 bits per heavy atom. The number of benzene rings is 2. The number of aromatic nitrogens is 1. The topological polar surface area (TPSA) is 36.4 Å². The van der Waals surface area contributed by atoms with Gasteiger partial charge < -0.3 is 9.80 Å². The van der Waals surface area contributed by atoms with E-state index >= 15 is 0 Å². The molecule has 2 heterocycles. The first-order valence-electron chi connectivity index (χ1n) is 10.5. The summed E-state index contributed by atoms with van der Waals surface area (Å²) in [5.41, 5.74) is 4.72. The van der Waals surface area contributed by atoms with Crippen molar-refractivity contribution >= 4 is 44.4 Å². The van der Waals surface area contributed by atoms with E-state index in [2.05, 4.69) is 69.0 Å². The van der Waals surface area contributed by atoms with Gasteiger partial charge >= 0.3 is 0 Å². The first-order chi connectivity index (χ1) is 14.4. The fourth-order valence-corrected chi connectivity index (χ4v) is 5.80. The van der Waals surface area contributed by atoms with E-state index in [4.69, 9.17) is 4.98 Å². The van der Waals surface area contributed by atoms with Gasteiger partial charge in [-0.15, -0.1) is 11.8 Å². The second-order valence-electron chi connectivity index (χ2n) is 8.28. The van der Waals surface area contributed by atoms with Crippen molar-refractivity contribution in [3.05, 3.63) is 53.1 Å². The minimum atomic E-state index is 0.217. The zero-order valence-corrected chi connectivity index (χ0v) is 19.8. The largest absolute Gasteiger partial charge is 0.345 e. The zero-order chi connectivity index (χ0) is 21.3. The SMILES string of the molecule is Cc1cc(C)c2sc(N3CCN(C(=O)Cc4ccc(SC(C)C)cc4)CC3)nc2c1. The molecular formula is C24H29N3OS2. The molecule has 0 radical (unpaired) electrons. The Bertz CT molecular complexity index is 1030. The molecule has 0 saturated carbocycles. The van der Waals surface area contributed by atoms with Crippen LogP contribution in [0, 0.1) is 13.8 Å². The number of thiazole rings is 1. The molecule has 158 valence electrons. The van der Waals surface area contributed by atoms with E-state index in [9.17, 15) is 4.79 Å². The van der Waals surface area contributed by atoms with Crippen LogP contribution in [-0.2, 0) is 11.2 Å². The standard InChI is InChI=1S/C24H29N3OS2/c1-16(2)29-20-7-5-19(6-8-20)15-22(28)26-9-11-27(12-10-26)24-25-21-14-17(3)13-18(4)23(21)30-24/h5-8,13-14,16H,9-12,15H2,1-4H3. The van der Waals surface area contributed by atoms with Crippen LogP contribution in [0.1, 0.15) is 30.5 Å². The van der Waals surface area contributed by atoms with Crippen molar-refractivity contribution in [2.24, 2.45) is 0 Å². The number of carbonyl (C=O) groups excluding carboxylic acids is 1. The highest BCUT2D eigenvalue weighted by atomic mass is 32.2. The molecule has 4 nitrogen and oxygen atoms in total. The quantitative estimate of drug-likeness (QED) is 0.505. The minimum absolute atomic E-state index is 0.217. The monoisotopic (exact) mass is 439 g/mol. The molecule has 1 aliphatic heterocycles. The van der Waals surface area contributed by atoms with Gasteiger partial charge in [0.25, 0.3) is 0 Å². The van der Waals surface area contributed by atoms with Gasteiger partial charge in [-0.25, -0.2) is 4.98 Å². The lowest BCUT2D eigenvalue weighted by Crippen LogP contribution is -2.49. The summed E-state index contributed by atoms with van der Waals surface area (Å²) >= 11 is 3.62. The van der Waals surface area contributed by atoms with Crippen LogP contribution in [0.15, 0.2) is 41.3 Å². The Balaban J connectivity index is 1.35. The van der Waals surface area contributed by atoms with E-state index in [0.717, 1.165) is 42.4 Å². The van der Waals surface area contributed by atoms with Crippen LogP contribution in [-0.4, -0.2) is 47.2 Å². The van der Waals surface area contributed by atoms with Crippen LogP contribution >= 0.6 is 23.1 Å². The second-order valence-corrected chi connectivity index (χ2v) is 10.9. The molecule has 0 aliphatic carbocycles. The van der Waals surface area contributed by atoms with Crippen molar-refractivity contribution in [3.8, 4) is 0 Å². The molecule has 0 atom stereocenters. The zero-order valence-electron chi connectivity index (χ0n) is 18.1. The lowest BCUT2D eigenvalue weighted by atomic mass is 10.1. The van der Waals surface area contributed by atoms with Crippen LogP contribution in [0.4, 0.5) is 5.13 Å². The molecule has 1 aromatic heterocycles. The van der Waals surface area contributed by atoms with Crippen LogP contribution in [0.5, 0.6) is 0 Å². The Kier molecular flexibility index (Phi) is 6.34. The maximum Gasteiger partial charge on any atom is 0.227 e. The number of anilines is 1. The van der Waals surface area contributed by atoms with Crippen molar-refractivity contribution in [2.45, 2.75) is 44.3 Å².